The average molecular weight is 452 g/mol. The summed E-state index contributed by atoms with van der Waals surface area (Å²) < 4.78 is 0. The van der Waals surface area contributed by atoms with Gasteiger partial charge >= 0.3 is 0 Å². The summed E-state index contributed by atoms with van der Waals surface area (Å²) >= 11 is 0. The van der Waals surface area contributed by atoms with Crippen LogP contribution in [0.3, 0.4) is 0 Å². The highest BCUT2D eigenvalue weighted by molar-refractivity contribution is 5.77. The lowest BCUT2D eigenvalue weighted by Gasteiger charge is -2.30. The van der Waals surface area contributed by atoms with Crippen LogP contribution >= 0.6 is 0 Å². The van der Waals surface area contributed by atoms with E-state index in [1.165, 1.54) is 31.2 Å². The van der Waals surface area contributed by atoms with Gasteiger partial charge in [-0.2, -0.15) is 5.26 Å². The van der Waals surface area contributed by atoms with Crippen molar-refractivity contribution >= 4 is 17.0 Å². The highest BCUT2D eigenvalue weighted by atomic mass is 15.3. The lowest BCUT2D eigenvalue weighted by Crippen LogP contribution is -2.34. The van der Waals surface area contributed by atoms with Crippen molar-refractivity contribution in [3.8, 4) is 6.07 Å². The number of nitrogens with two attached hydrogens (primary N) is 1. The lowest BCUT2D eigenvalue weighted by molar-refractivity contribution is 0.340. The van der Waals surface area contributed by atoms with Gasteiger partial charge < -0.3 is 11.1 Å². The Balaban J connectivity index is 1.30. The van der Waals surface area contributed by atoms with Gasteiger partial charge in [0.05, 0.1) is 11.6 Å². The van der Waals surface area contributed by atoms with E-state index in [0.717, 1.165) is 29.6 Å². The second-order valence-electron chi connectivity index (χ2n) is 9.14. The largest absolute Gasteiger partial charge is 0.384 e. The van der Waals surface area contributed by atoms with Crippen molar-refractivity contribution in [3.63, 3.8) is 0 Å². The van der Waals surface area contributed by atoms with Gasteiger partial charge in [0.1, 0.15) is 11.3 Å². The molecule has 5 rings (SSSR count). The SMILES string of the molecule is N#Cc1cccc(C(CCNC2CCC(c3ccccc3)CC2)c2cc(N)nc3[nH]nnc23)c1. The van der Waals surface area contributed by atoms with Crippen LogP contribution in [-0.2, 0) is 0 Å². The molecule has 0 spiro atoms. The molecule has 7 nitrogen and oxygen atoms in total. The van der Waals surface area contributed by atoms with Gasteiger partial charge in [-0.25, -0.2) is 10.1 Å². The minimum Gasteiger partial charge on any atom is -0.384 e. The predicted octanol–water partition coefficient (Wildman–Crippen LogP) is 4.64. The molecule has 1 atom stereocenters. The Morgan fingerprint density at radius 1 is 1.06 bits per heavy atom. The van der Waals surface area contributed by atoms with Crippen LogP contribution in [0, 0.1) is 11.3 Å². The molecular formula is C27H29N7. The maximum atomic E-state index is 9.43. The normalized spacial score (nSPS) is 19.0. The first-order valence-corrected chi connectivity index (χ1v) is 12.0. The van der Waals surface area contributed by atoms with E-state index in [4.69, 9.17) is 5.73 Å². The predicted molar refractivity (Wildman–Crippen MR) is 133 cm³/mol. The van der Waals surface area contributed by atoms with Crippen LogP contribution in [0.1, 0.15) is 66.2 Å². The fraction of sp³-hybridized carbons (Fsp3) is 0.333. The number of hydrogen-bond acceptors (Lipinski definition) is 6. The Hall–Kier alpha value is -3.76. The number of nitrogen functional groups attached to an aromatic ring is 1. The van der Waals surface area contributed by atoms with Crippen LogP contribution in [0.2, 0.25) is 0 Å². The highest BCUT2D eigenvalue weighted by Crippen LogP contribution is 2.34. The first-order valence-electron chi connectivity index (χ1n) is 12.0. The zero-order chi connectivity index (χ0) is 23.3. The van der Waals surface area contributed by atoms with Crippen LogP contribution in [-0.4, -0.2) is 33.0 Å². The fourth-order valence-electron chi connectivity index (χ4n) is 5.26. The van der Waals surface area contributed by atoms with Crippen molar-refractivity contribution in [1.29, 1.82) is 5.26 Å². The summed E-state index contributed by atoms with van der Waals surface area (Å²) in [6, 6.07) is 23.3. The molecular weight excluding hydrogens is 422 g/mol. The first-order chi connectivity index (χ1) is 16.7. The third-order valence-corrected chi connectivity index (χ3v) is 7.01. The Morgan fingerprint density at radius 2 is 1.88 bits per heavy atom. The number of aromatic nitrogens is 4. The van der Waals surface area contributed by atoms with Crippen molar-refractivity contribution < 1.29 is 0 Å². The number of pyridine rings is 1. The van der Waals surface area contributed by atoms with Gasteiger partial charge in [0.25, 0.3) is 0 Å². The molecule has 34 heavy (non-hydrogen) atoms. The van der Waals surface area contributed by atoms with Crippen LogP contribution in [0.5, 0.6) is 0 Å². The van der Waals surface area contributed by atoms with Gasteiger partial charge in [-0.3, -0.25) is 0 Å². The number of rotatable bonds is 7. The molecule has 0 amide bonds. The maximum Gasteiger partial charge on any atom is 0.178 e. The van der Waals surface area contributed by atoms with E-state index in [-0.39, 0.29) is 5.92 Å². The zero-order valence-corrected chi connectivity index (χ0v) is 19.1. The van der Waals surface area contributed by atoms with Crippen LogP contribution in [0.25, 0.3) is 11.2 Å². The van der Waals surface area contributed by atoms with Gasteiger partial charge in [-0.05, 0) is 79.5 Å². The van der Waals surface area contributed by atoms with Gasteiger partial charge in [0.2, 0.25) is 0 Å². The standard InChI is InChI=1S/C27H29N7/c28-17-18-5-4-8-21(15-18)23(24-16-25(29)31-27-26(24)32-34-33-27)13-14-30-22-11-9-20(10-12-22)19-6-2-1-3-7-19/h1-8,15-16,20,22-23,30H,9-14H2,(H3,29,31,32,33,34). The molecule has 4 N–H and O–H groups in total. The van der Waals surface area contributed by atoms with Crippen LogP contribution in [0.4, 0.5) is 5.82 Å². The minimum absolute atomic E-state index is 0.0272. The Bertz CT molecular complexity index is 1280. The maximum absolute atomic E-state index is 9.43. The summed E-state index contributed by atoms with van der Waals surface area (Å²) in [5.74, 6) is 1.13. The number of aromatic amines is 1. The van der Waals surface area contributed by atoms with Gasteiger partial charge in [0.15, 0.2) is 5.65 Å². The number of hydrogen-bond donors (Lipinski definition) is 3. The monoisotopic (exact) mass is 451 g/mol. The summed E-state index contributed by atoms with van der Waals surface area (Å²) in [5, 5.41) is 24.3. The molecule has 7 heteroatoms. The van der Waals surface area contributed by atoms with E-state index in [9.17, 15) is 5.26 Å². The van der Waals surface area contributed by atoms with Crippen LogP contribution < -0.4 is 11.1 Å². The third-order valence-electron chi connectivity index (χ3n) is 7.01. The molecule has 0 radical (unpaired) electrons. The second kappa shape index (κ2) is 10.0. The van der Waals surface area contributed by atoms with Crippen LogP contribution in [0.15, 0.2) is 60.7 Å². The molecule has 2 aromatic carbocycles. The summed E-state index contributed by atoms with van der Waals surface area (Å²) in [6.45, 7) is 0.865. The molecule has 2 heterocycles. The molecule has 1 unspecified atom stereocenters. The quantitative estimate of drug-likeness (QED) is 0.377. The smallest absolute Gasteiger partial charge is 0.178 e. The summed E-state index contributed by atoms with van der Waals surface area (Å²) in [7, 11) is 0. The van der Waals surface area contributed by atoms with Crippen molar-refractivity contribution in [2.45, 2.75) is 50.0 Å². The Labute approximate surface area is 199 Å². The molecule has 4 aromatic rings. The van der Waals surface area contributed by atoms with E-state index in [0.29, 0.717) is 29.0 Å². The van der Waals surface area contributed by atoms with Gasteiger partial charge in [-0.15, -0.1) is 5.10 Å². The number of nitriles is 1. The fourth-order valence-corrected chi connectivity index (χ4v) is 5.26. The van der Waals surface area contributed by atoms with Crippen molar-refractivity contribution in [2.24, 2.45) is 0 Å². The van der Waals surface area contributed by atoms with Gasteiger partial charge in [-0.1, -0.05) is 47.7 Å². The topological polar surface area (TPSA) is 116 Å². The molecule has 1 aliphatic rings. The highest BCUT2D eigenvalue weighted by Gasteiger charge is 2.24. The summed E-state index contributed by atoms with van der Waals surface area (Å²) in [4.78, 5) is 4.32. The third kappa shape index (κ3) is 4.78. The number of fused-ring (bicyclic) bond motifs is 1. The number of nitrogens with zero attached hydrogens (tertiary/aromatic N) is 4. The summed E-state index contributed by atoms with van der Waals surface area (Å²) in [5.41, 5.74) is 11.6. The first kappa shape index (κ1) is 22.1. The molecule has 0 saturated heterocycles. The van der Waals surface area contributed by atoms with E-state index >= 15 is 0 Å². The lowest BCUT2D eigenvalue weighted by atomic mass is 9.81. The molecule has 2 aromatic heterocycles. The Kier molecular flexibility index (Phi) is 6.50. The molecule has 0 aliphatic heterocycles. The molecule has 172 valence electrons. The molecule has 1 fully saturated rings. The van der Waals surface area contributed by atoms with Gasteiger partial charge in [0, 0.05) is 12.0 Å². The van der Waals surface area contributed by atoms with E-state index in [1.807, 2.05) is 24.3 Å². The van der Waals surface area contributed by atoms with E-state index in [2.05, 4.69) is 68.2 Å². The number of H-pyrrole nitrogens is 1. The van der Waals surface area contributed by atoms with E-state index in [1.54, 1.807) is 0 Å². The molecule has 1 aliphatic carbocycles. The molecule has 1 saturated carbocycles. The molecule has 0 bridgehead atoms. The number of benzene rings is 2. The van der Waals surface area contributed by atoms with Crippen molar-refractivity contribution in [2.75, 3.05) is 12.3 Å². The Morgan fingerprint density at radius 3 is 2.68 bits per heavy atom. The zero-order valence-electron chi connectivity index (χ0n) is 19.1. The number of nitrogens with one attached hydrogen (secondary N) is 2. The van der Waals surface area contributed by atoms with Crippen molar-refractivity contribution in [1.82, 2.24) is 25.7 Å². The summed E-state index contributed by atoms with van der Waals surface area (Å²) in [6.07, 6.45) is 5.66. The number of anilines is 1. The van der Waals surface area contributed by atoms with Crippen molar-refractivity contribution in [3.05, 3.63) is 82.9 Å². The van der Waals surface area contributed by atoms with E-state index < -0.39 is 0 Å². The average Bonchev–Trinajstić information content (AvgIpc) is 3.36. The minimum atomic E-state index is 0.0272. The second-order valence-corrected chi connectivity index (χ2v) is 9.14.